The van der Waals surface area contributed by atoms with E-state index < -0.39 is 18.4 Å². The number of benzene rings is 2. The van der Waals surface area contributed by atoms with E-state index >= 15 is 0 Å². The van der Waals surface area contributed by atoms with Crippen LogP contribution < -0.4 is 4.74 Å². The molecule has 33 heavy (non-hydrogen) atoms. The molecule has 1 N–H and O–H groups in total. The minimum Gasteiger partial charge on any atom is -0.497 e. The van der Waals surface area contributed by atoms with Gasteiger partial charge in [0, 0.05) is 27.2 Å². The van der Waals surface area contributed by atoms with Crippen molar-refractivity contribution in [1.82, 2.24) is 9.47 Å². The maximum absolute atomic E-state index is 13.4. The Morgan fingerprint density at radius 1 is 1.21 bits per heavy atom. The second kappa shape index (κ2) is 9.01. The predicted molar refractivity (Wildman–Crippen MR) is 132 cm³/mol. The van der Waals surface area contributed by atoms with E-state index in [0.29, 0.717) is 38.5 Å². The lowest BCUT2D eigenvalue weighted by Gasteiger charge is -2.10. The number of nitrogens with zero attached hydrogens (tertiary/aromatic N) is 2. The van der Waals surface area contributed by atoms with Crippen LogP contribution in [-0.2, 0) is 9.59 Å². The summed E-state index contributed by atoms with van der Waals surface area (Å²) in [6, 6.07) is 11.9. The Hall–Kier alpha value is -3.14. The monoisotopic (exact) mass is 500 g/mol. The molecule has 2 heterocycles. The number of fused-ring (bicyclic) bond motifs is 1. The number of ether oxygens (including phenoxy) is 1. The number of hydrogen-bond donors (Lipinski definition) is 1. The molecule has 7 nitrogen and oxygen atoms in total. The number of halogens is 1. The summed E-state index contributed by atoms with van der Waals surface area (Å²) in [5.41, 5.74) is 2.35. The Labute approximate surface area is 203 Å². The number of aliphatic carboxylic acids is 1. The first-order valence-corrected chi connectivity index (χ1v) is 11.3. The fraction of sp³-hybridized carbons (Fsp3) is 0.130. The molecule has 1 fully saturated rings. The second-order valence-corrected chi connectivity index (χ2v) is 9.30. The molecule has 2 aromatic carbocycles. The zero-order valence-electron chi connectivity index (χ0n) is 17.5. The molecule has 1 saturated heterocycles. The standard InChI is InChI=1S/C23H17ClN2O5S2/c1-12-16(10-19-22(30)25(11-20(27)28)23(32)33-19)17-9-15(31-2)7-8-18(17)26(12)21(29)13-3-5-14(24)6-4-13/h3-10H,11H2,1-2H3,(H,27,28). The second-order valence-electron chi connectivity index (χ2n) is 7.19. The highest BCUT2D eigenvalue weighted by Gasteiger charge is 2.34. The van der Waals surface area contributed by atoms with Crippen molar-refractivity contribution in [3.8, 4) is 5.75 Å². The molecular weight excluding hydrogens is 484 g/mol. The van der Waals surface area contributed by atoms with Gasteiger partial charge in [-0.05, 0) is 55.5 Å². The van der Waals surface area contributed by atoms with Gasteiger partial charge in [-0.25, -0.2) is 0 Å². The summed E-state index contributed by atoms with van der Waals surface area (Å²) >= 11 is 12.2. The first-order valence-electron chi connectivity index (χ1n) is 9.67. The first-order chi connectivity index (χ1) is 15.7. The van der Waals surface area contributed by atoms with Gasteiger partial charge in [0.1, 0.15) is 16.6 Å². The third-order valence-corrected chi connectivity index (χ3v) is 6.83. The SMILES string of the molecule is COc1ccc2c(c1)c(C=C1SC(=S)N(CC(=O)O)C1=O)c(C)n2C(=O)c1ccc(Cl)cc1. The summed E-state index contributed by atoms with van der Waals surface area (Å²) in [6.07, 6.45) is 1.64. The van der Waals surface area contributed by atoms with E-state index in [9.17, 15) is 14.4 Å². The molecule has 10 heteroatoms. The van der Waals surface area contributed by atoms with E-state index in [0.717, 1.165) is 16.7 Å². The van der Waals surface area contributed by atoms with Crippen molar-refractivity contribution in [1.29, 1.82) is 0 Å². The lowest BCUT2D eigenvalue weighted by atomic mass is 10.1. The summed E-state index contributed by atoms with van der Waals surface area (Å²) in [7, 11) is 1.54. The van der Waals surface area contributed by atoms with Gasteiger partial charge in [0.25, 0.3) is 11.8 Å². The molecule has 0 unspecified atom stereocenters. The highest BCUT2D eigenvalue weighted by Crippen LogP contribution is 2.37. The number of rotatable bonds is 5. The van der Waals surface area contributed by atoms with Crippen LogP contribution in [-0.4, -0.2) is 50.3 Å². The lowest BCUT2D eigenvalue weighted by molar-refractivity contribution is -0.140. The number of carboxylic acid groups (broad SMARTS) is 1. The van der Waals surface area contributed by atoms with E-state index in [1.165, 1.54) is 0 Å². The fourth-order valence-corrected chi connectivity index (χ4v) is 4.98. The number of methoxy groups -OCH3 is 1. The zero-order valence-corrected chi connectivity index (χ0v) is 19.9. The molecule has 0 atom stereocenters. The lowest BCUT2D eigenvalue weighted by Crippen LogP contribution is -2.33. The molecule has 0 spiro atoms. The Kier molecular flexibility index (Phi) is 6.29. The van der Waals surface area contributed by atoms with Crippen molar-refractivity contribution in [3.63, 3.8) is 0 Å². The zero-order chi connectivity index (χ0) is 23.9. The topological polar surface area (TPSA) is 88.8 Å². The van der Waals surface area contributed by atoms with E-state index in [2.05, 4.69) is 0 Å². The van der Waals surface area contributed by atoms with Gasteiger partial charge < -0.3 is 9.84 Å². The van der Waals surface area contributed by atoms with Crippen LogP contribution >= 0.6 is 35.6 Å². The van der Waals surface area contributed by atoms with Gasteiger partial charge in [0.15, 0.2) is 0 Å². The highest BCUT2D eigenvalue weighted by molar-refractivity contribution is 8.26. The van der Waals surface area contributed by atoms with Crippen molar-refractivity contribution in [2.75, 3.05) is 13.7 Å². The molecule has 1 aromatic heterocycles. The minimum atomic E-state index is -1.15. The van der Waals surface area contributed by atoms with E-state index in [1.54, 1.807) is 67.1 Å². The minimum absolute atomic E-state index is 0.171. The molecule has 1 amide bonds. The maximum atomic E-state index is 13.4. The number of carbonyl (C=O) groups excluding carboxylic acids is 2. The quantitative estimate of drug-likeness (QED) is 0.405. The summed E-state index contributed by atoms with van der Waals surface area (Å²) in [5.74, 6) is -1.30. The fourth-order valence-electron chi connectivity index (χ4n) is 3.62. The van der Waals surface area contributed by atoms with Crippen LogP contribution in [0.25, 0.3) is 17.0 Å². The van der Waals surface area contributed by atoms with Crippen LogP contribution in [0.1, 0.15) is 21.6 Å². The van der Waals surface area contributed by atoms with Crippen molar-refractivity contribution in [2.24, 2.45) is 0 Å². The average molecular weight is 501 g/mol. The molecule has 168 valence electrons. The average Bonchev–Trinajstić information content (AvgIpc) is 3.21. The highest BCUT2D eigenvalue weighted by atomic mass is 35.5. The molecule has 0 radical (unpaired) electrons. The molecule has 3 aromatic rings. The number of amides is 1. The largest absolute Gasteiger partial charge is 0.497 e. The summed E-state index contributed by atoms with van der Waals surface area (Å²) in [6.45, 7) is 1.27. The van der Waals surface area contributed by atoms with Gasteiger partial charge in [-0.3, -0.25) is 23.9 Å². The predicted octanol–water partition coefficient (Wildman–Crippen LogP) is 4.59. The van der Waals surface area contributed by atoms with Crippen molar-refractivity contribution in [2.45, 2.75) is 6.92 Å². The third kappa shape index (κ3) is 4.27. The van der Waals surface area contributed by atoms with Crippen LogP contribution in [0.2, 0.25) is 5.02 Å². The summed E-state index contributed by atoms with van der Waals surface area (Å²) < 4.78 is 7.10. The molecule has 0 saturated carbocycles. The van der Waals surface area contributed by atoms with Crippen LogP contribution in [0.15, 0.2) is 47.4 Å². The summed E-state index contributed by atoms with van der Waals surface area (Å²) in [4.78, 5) is 38.6. The number of thioether (sulfide) groups is 1. The number of aromatic nitrogens is 1. The molecule has 0 aliphatic carbocycles. The van der Waals surface area contributed by atoms with Crippen LogP contribution in [0, 0.1) is 6.92 Å². The van der Waals surface area contributed by atoms with Gasteiger partial charge in [-0.1, -0.05) is 35.6 Å². The van der Waals surface area contributed by atoms with Crippen LogP contribution in [0.5, 0.6) is 5.75 Å². The van der Waals surface area contributed by atoms with Gasteiger partial charge in [0.05, 0.1) is 17.5 Å². The number of thiocarbonyl (C=S) groups is 1. The Bertz CT molecular complexity index is 1360. The van der Waals surface area contributed by atoms with Crippen LogP contribution in [0.4, 0.5) is 0 Å². The van der Waals surface area contributed by atoms with Crippen LogP contribution in [0.3, 0.4) is 0 Å². The first kappa shape index (κ1) is 23.0. The molecule has 1 aliphatic rings. The Morgan fingerprint density at radius 3 is 2.55 bits per heavy atom. The smallest absolute Gasteiger partial charge is 0.323 e. The van der Waals surface area contributed by atoms with Crippen molar-refractivity contribution < 1.29 is 24.2 Å². The van der Waals surface area contributed by atoms with Gasteiger partial charge in [0.2, 0.25) is 0 Å². The van der Waals surface area contributed by atoms with Gasteiger partial charge in [-0.15, -0.1) is 0 Å². The van der Waals surface area contributed by atoms with Gasteiger partial charge >= 0.3 is 5.97 Å². The number of carboxylic acids is 1. The Morgan fingerprint density at radius 2 is 1.91 bits per heavy atom. The van der Waals surface area contributed by atoms with E-state index in [4.69, 9.17) is 33.7 Å². The molecular formula is C23H17ClN2O5S2. The molecule has 0 bridgehead atoms. The molecule has 1 aliphatic heterocycles. The van der Waals surface area contributed by atoms with Crippen molar-refractivity contribution in [3.05, 3.63) is 69.2 Å². The number of carbonyl (C=O) groups is 3. The molecule has 4 rings (SSSR count). The normalized spacial score (nSPS) is 15.0. The summed E-state index contributed by atoms with van der Waals surface area (Å²) in [5, 5.41) is 10.3. The van der Waals surface area contributed by atoms with E-state index in [1.807, 2.05) is 0 Å². The Balaban J connectivity index is 1.88. The third-order valence-electron chi connectivity index (χ3n) is 5.20. The van der Waals surface area contributed by atoms with Gasteiger partial charge in [-0.2, -0.15) is 0 Å². The number of hydrogen-bond acceptors (Lipinski definition) is 6. The van der Waals surface area contributed by atoms with E-state index in [-0.39, 0.29) is 15.1 Å². The van der Waals surface area contributed by atoms with Crippen molar-refractivity contribution >= 4 is 74.7 Å². The maximum Gasteiger partial charge on any atom is 0.323 e.